The van der Waals surface area contributed by atoms with Crippen molar-refractivity contribution in [2.45, 2.75) is 45.8 Å². The van der Waals surface area contributed by atoms with Crippen molar-refractivity contribution in [2.24, 2.45) is 0 Å². The molecule has 2 aliphatic rings. The van der Waals surface area contributed by atoms with Crippen LogP contribution in [0, 0.1) is 6.92 Å². The molecule has 1 N–H and O–H groups in total. The Kier molecular flexibility index (Phi) is 6.11. The van der Waals surface area contributed by atoms with Gasteiger partial charge in [-0.1, -0.05) is 24.3 Å². The van der Waals surface area contributed by atoms with Crippen molar-refractivity contribution in [3.8, 4) is 0 Å². The number of aliphatic hydroxyl groups excluding tert-OH is 1. The maximum atomic E-state index is 11.9. The van der Waals surface area contributed by atoms with Gasteiger partial charge in [0.1, 0.15) is 0 Å². The third-order valence-corrected chi connectivity index (χ3v) is 6.46. The predicted molar refractivity (Wildman–Crippen MR) is 122 cm³/mol. The molecule has 2 aliphatic heterocycles. The van der Waals surface area contributed by atoms with E-state index in [1.807, 2.05) is 17.0 Å². The number of amides is 1. The zero-order chi connectivity index (χ0) is 21.3. The first-order valence-corrected chi connectivity index (χ1v) is 11.1. The summed E-state index contributed by atoms with van der Waals surface area (Å²) in [5, 5.41) is 10.9. The lowest BCUT2D eigenvalue weighted by Gasteiger charge is -2.42. The number of fused-ring (bicyclic) bond motifs is 1. The van der Waals surface area contributed by atoms with Crippen LogP contribution < -0.4 is 9.80 Å². The molecule has 0 aliphatic carbocycles. The van der Waals surface area contributed by atoms with Gasteiger partial charge < -0.3 is 14.9 Å². The van der Waals surface area contributed by atoms with Crippen LogP contribution in [0.1, 0.15) is 43.1 Å². The van der Waals surface area contributed by atoms with Crippen molar-refractivity contribution < 1.29 is 9.90 Å². The lowest BCUT2D eigenvalue weighted by atomic mass is 9.97. The summed E-state index contributed by atoms with van der Waals surface area (Å²) >= 11 is 0. The monoisotopic (exact) mass is 407 g/mol. The van der Waals surface area contributed by atoms with Crippen molar-refractivity contribution >= 4 is 17.3 Å². The fraction of sp³-hybridized carbons (Fsp3) is 0.480. The topological polar surface area (TPSA) is 47.0 Å². The van der Waals surface area contributed by atoms with Crippen LogP contribution in [-0.2, 0) is 11.2 Å². The fourth-order valence-corrected chi connectivity index (χ4v) is 4.89. The molecule has 0 bridgehead atoms. The van der Waals surface area contributed by atoms with Gasteiger partial charge >= 0.3 is 0 Å². The zero-order valence-electron chi connectivity index (χ0n) is 18.3. The van der Waals surface area contributed by atoms with Gasteiger partial charge in [0.2, 0.25) is 5.91 Å². The average molecular weight is 408 g/mol. The molecule has 30 heavy (non-hydrogen) atoms. The minimum absolute atomic E-state index is 0.0877. The van der Waals surface area contributed by atoms with Crippen LogP contribution >= 0.6 is 0 Å². The third-order valence-electron chi connectivity index (χ3n) is 6.46. The van der Waals surface area contributed by atoms with Crippen LogP contribution in [0.15, 0.2) is 42.5 Å². The van der Waals surface area contributed by atoms with Gasteiger partial charge in [-0.15, -0.1) is 0 Å². The number of carbonyl (C=O) groups is 1. The number of β-amino-alcohol motifs (C(OH)–C–C–N with tert-alkyl or cyclic N) is 1. The number of hydrogen-bond acceptors (Lipinski definition) is 4. The largest absolute Gasteiger partial charge is 0.387 e. The van der Waals surface area contributed by atoms with Crippen LogP contribution in [0.4, 0.5) is 11.4 Å². The van der Waals surface area contributed by atoms with E-state index in [0.717, 1.165) is 50.3 Å². The summed E-state index contributed by atoms with van der Waals surface area (Å²) in [6, 6.07) is 15.2. The van der Waals surface area contributed by atoms with Crippen molar-refractivity contribution in [3.05, 3.63) is 59.2 Å². The van der Waals surface area contributed by atoms with E-state index in [1.165, 1.54) is 16.8 Å². The highest BCUT2D eigenvalue weighted by molar-refractivity contribution is 5.92. The van der Waals surface area contributed by atoms with E-state index in [0.29, 0.717) is 12.6 Å². The van der Waals surface area contributed by atoms with E-state index in [4.69, 9.17) is 0 Å². The summed E-state index contributed by atoms with van der Waals surface area (Å²) in [6.07, 6.45) is 1.43. The van der Waals surface area contributed by atoms with E-state index in [1.54, 1.807) is 6.92 Å². The first kappa shape index (κ1) is 20.9. The number of carbonyl (C=O) groups excluding carboxylic acids is 1. The molecule has 0 radical (unpaired) electrons. The van der Waals surface area contributed by atoms with Crippen LogP contribution in [0.2, 0.25) is 0 Å². The number of hydrogen-bond donors (Lipinski definition) is 1. The molecular weight excluding hydrogens is 374 g/mol. The van der Waals surface area contributed by atoms with Crippen molar-refractivity contribution in [1.29, 1.82) is 0 Å². The molecule has 2 aromatic carbocycles. The Morgan fingerprint density at radius 1 is 1.17 bits per heavy atom. The first-order valence-electron chi connectivity index (χ1n) is 11.1. The second kappa shape index (κ2) is 8.78. The van der Waals surface area contributed by atoms with Crippen molar-refractivity contribution in [1.82, 2.24) is 4.90 Å². The summed E-state index contributed by atoms with van der Waals surface area (Å²) in [5.74, 6) is 0.0877. The van der Waals surface area contributed by atoms with Gasteiger partial charge in [0, 0.05) is 57.1 Å². The predicted octanol–water partition coefficient (Wildman–Crippen LogP) is 3.54. The van der Waals surface area contributed by atoms with Gasteiger partial charge in [-0.3, -0.25) is 9.69 Å². The highest BCUT2D eigenvalue weighted by Crippen LogP contribution is 2.30. The van der Waals surface area contributed by atoms with Crippen LogP contribution in [-0.4, -0.2) is 54.7 Å². The molecule has 2 unspecified atom stereocenters. The van der Waals surface area contributed by atoms with E-state index < -0.39 is 6.10 Å². The molecule has 0 saturated carbocycles. The number of aliphatic hydroxyl groups is 1. The highest BCUT2D eigenvalue weighted by Gasteiger charge is 2.26. The Morgan fingerprint density at radius 3 is 2.73 bits per heavy atom. The minimum Gasteiger partial charge on any atom is -0.387 e. The maximum Gasteiger partial charge on any atom is 0.223 e. The molecule has 1 amide bonds. The summed E-state index contributed by atoms with van der Waals surface area (Å²) in [4.78, 5) is 18.6. The van der Waals surface area contributed by atoms with E-state index in [-0.39, 0.29) is 5.91 Å². The van der Waals surface area contributed by atoms with Crippen LogP contribution in [0.3, 0.4) is 0 Å². The minimum atomic E-state index is -0.513. The Hall–Kier alpha value is -2.37. The molecule has 2 aromatic rings. The summed E-state index contributed by atoms with van der Waals surface area (Å²) in [5.41, 5.74) is 5.70. The second-order valence-electron chi connectivity index (χ2n) is 8.82. The second-order valence-corrected chi connectivity index (χ2v) is 8.82. The number of rotatable bonds is 4. The Bertz CT molecular complexity index is 913. The molecule has 4 rings (SSSR count). The number of benzene rings is 2. The normalized spacial score (nSPS) is 20.7. The van der Waals surface area contributed by atoms with Gasteiger partial charge in [0.05, 0.1) is 6.10 Å². The van der Waals surface area contributed by atoms with Gasteiger partial charge in [-0.25, -0.2) is 0 Å². The van der Waals surface area contributed by atoms with Crippen molar-refractivity contribution in [2.75, 3.05) is 42.5 Å². The standard InChI is InChI=1S/C25H33N3O2/c1-18-6-4-8-23(14-18)27-13-12-26(16-19(27)2)17-25(30)22-9-10-24-21(15-22)7-5-11-28(24)20(3)29/h4,6,8-10,14-15,19,25,30H,5,7,11-13,16-17H2,1-3H3. The molecule has 5 heteroatoms. The van der Waals surface area contributed by atoms with Gasteiger partial charge in [-0.2, -0.15) is 0 Å². The number of nitrogens with zero attached hydrogens (tertiary/aromatic N) is 3. The average Bonchev–Trinajstić information content (AvgIpc) is 2.72. The number of aryl methyl sites for hydroxylation is 2. The van der Waals surface area contributed by atoms with Gasteiger partial charge in [0.25, 0.3) is 0 Å². The lowest BCUT2D eigenvalue weighted by molar-refractivity contribution is -0.116. The summed E-state index contributed by atoms with van der Waals surface area (Å²) in [6.45, 7) is 10.3. The molecule has 1 fully saturated rings. The first-order chi connectivity index (χ1) is 14.4. The number of piperazine rings is 1. The molecule has 1 saturated heterocycles. The lowest BCUT2D eigenvalue weighted by Crippen LogP contribution is -2.52. The fourth-order valence-electron chi connectivity index (χ4n) is 4.89. The quantitative estimate of drug-likeness (QED) is 0.842. The summed E-state index contributed by atoms with van der Waals surface area (Å²) < 4.78 is 0. The highest BCUT2D eigenvalue weighted by atomic mass is 16.3. The van der Waals surface area contributed by atoms with E-state index >= 15 is 0 Å². The maximum absolute atomic E-state index is 11.9. The van der Waals surface area contributed by atoms with Crippen molar-refractivity contribution in [3.63, 3.8) is 0 Å². The third kappa shape index (κ3) is 4.37. The van der Waals surface area contributed by atoms with Crippen LogP contribution in [0.5, 0.6) is 0 Å². The molecular formula is C25H33N3O2. The SMILES string of the molecule is CC(=O)N1CCCc2cc(C(O)CN3CCN(c4cccc(C)c4)C(C)C3)ccc21. The molecule has 0 spiro atoms. The smallest absolute Gasteiger partial charge is 0.223 e. The van der Waals surface area contributed by atoms with Gasteiger partial charge in [0.15, 0.2) is 0 Å². The molecule has 2 atom stereocenters. The Labute approximate surface area is 179 Å². The summed E-state index contributed by atoms with van der Waals surface area (Å²) in [7, 11) is 0. The zero-order valence-corrected chi connectivity index (χ0v) is 18.3. The molecule has 2 heterocycles. The number of anilines is 2. The Morgan fingerprint density at radius 2 is 2.00 bits per heavy atom. The van der Waals surface area contributed by atoms with E-state index in [2.05, 4.69) is 54.0 Å². The molecule has 0 aromatic heterocycles. The van der Waals surface area contributed by atoms with E-state index in [9.17, 15) is 9.90 Å². The Balaban J connectivity index is 1.40. The van der Waals surface area contributed by atoms with Crippen LogP contribution in [0.25, 0.3) is 0 Å². The van der Waals surface area contributed by atoms with Gasteiger partial charge in [-0.05, 0) is 61.6 Å². The molecule has 5 nitrogen and oxygen atoms in total. The molecule has 160 valence electrons.